The van der Waals surface area contributed by atoms with Crippen molar-refractivity contribution in [1.82, 2.24) is 5.32 Å². The lowest BCUT2D eigenvalue weighted by molar-refractivity contribution is -0.130. The first-order valence-electron chi connectivity index (χ1n) is 8.17. The van der Waals surface area contributed by atoms with Gasteiger partial charge >= 0.3 is 0 Å². The molecule has 0 saturated heterocycles. The van der Waals surface area contributed by atoms with Gasteiger partial charge in [0.15, 0.2) is 0 Å². The molecule has 1 saturated carbocycles. The van der Waals surface area contributed by atoms with Crippen molar-refractivity contribution in [2.24, 2.45) is 11.7 Å². The van der Waals surface area contributed by atoms with Crippen molar-refractivity contribution in [3.63, 3.8) is 0 Å². The maximum atomic E-state index is 12.4. The molecule has 2 aliphatic carbocycles. The van der Waals surface area contributed by atoms with E-state index in [1.54, 1.807) is 6.42 Å². The van der Waals surface area contributed by atoms with Crippen molar-refractivity contribution in [2.75, 3.05) is 0 Å². The fourth-order valence-electron chi connectivity index (χ4n) is 3.83. The summed E-state index contributed by atoms with van der Waals surface area (Å²) in [4.78, 5) is 24.5. The van der Waals surface area contributed by atoms with Crippen LogP contribution in [0.5, 0.6) is 0 Å². The smallest absolute Gasteiger partial charge is 0.247 e. The first kappa shape index (κ1) is 15.1. The van der Waals surface area contributed by atoms with E-state index in [1.807, 2.05) is 24.3 Å². The summed E-state index contributed by atoms with van der Waals surface area (Å²) in [5.41, 5.74) is 6.57. The van der Waals surface area contributed by atoms with E-state index < -0.39 is 11.4 Å². The Morgan fingerprint density at radius 1 is 1.18 bits per heavy atom. The lowest BCUT2D eigenvalue weighted by atomic mass is 9.85. The number of rotatable bonds is 4. The number of nitrogens with one attached hydrogen (secondary N) is 1. The number of amides is 2. The van der Waals surface area contributed by atoms with E-state index in [0.29, 0.717) is 12.3 Å². The maximum Gasteiger partial charge on any atom is 0.247 e. The number of nitrogens with two attached hydrogens (primary N) is 1. The fourth-order valence-corrected chi connectivity index (χ4v) is 3.83. The number of carbonyl (C=O) groups is 2. The third-order valence-corrected chi connectivity index (χ3v) is 5.04. The molecule has 0 spiro atoms. The van der Waals surface area contributed by atoms with Gasteiger partial charge in [-0.1, -0.05) is 43.5 Å². The maximum absolute atomic E-state index is 12.4. The number of fused-ring (bicyclic) bond motifs is 1. The second kappa shape index (κ2) is 6.11. The highest BCUT2D eigenvalue weighted by atomic mass is 16.2. The van der Waals surface area contributed by atoms with Gasteiger partial charge in [0.2, 0.25) is 11.8 Å². The standard InChI is InChI=1S/C18H23N2O2/c19-17(22)18(11-10-14-8-4-5-9-15(14)18)20-16(21)12-13-6-2-1-3-7-13/h4-5,8-9,12-13H,1-3,6-7,10-11H2,(H2,19,22)(H,20,21)/t18-/m1/s1. The van der Waals surface area contributed by atoms with Gasteiger partial charge in [-0.25, -0.2) is 0 Å². The molecule has 3 N–H and O–H groups in total. The van der Waals surface area contributed by atoms with Crippen LogP contribution in [-0.4, -0.2) is 11.8 Å². The minimum atomic E-state index is -1.04. The van der Waals surface area contributed by atoms with Crippen LogP contribution in [-0.2, 0) is 21.5 Å². The van der Waals surface area contributed by atoms with E-state index >= 15 is 0 Å². The molecule has 0 unspecified atom stereocenters. The molecular weight excluding hydrogens is 276 g/mol. The SMILES string of the molecule is NC(=O)[C@@]1(NC(=O)[CH]C2CCCCC2)CCc2ccccc21. The summed E-state index contributed by atoms with van der Waals surface area (Å²) in [6, 6.07) is 7.73. The number of aryl methyl sites for hydroxylation is 1. The molecule has 1 fully saturated rings. The van der Waals surface area contributed by atoms with Gasteiger partial charge in [-0.15, -0.1) is 0 Å². The normalized spacial score (nSPS) is 24.7. The van der Waals surface area contributed by atoms with Gasteiger partial charge in [-0.2, -0.15) is 0 Å². The zero-order valence-corrected chi connectivity index (χ0v) is 12.8. The molecule has 117 valence electrons. The Hall–Kier alpha value is -1.84. The fraction of sp³-hybridized carbons (Fsp3) is 0.500. The van der Waals surface area contributed by atoms with E-state index in [1.165, 1.54) is 19.3 Å². The average Bonchev–Trinajstić information content (AvgIpc) is 2.88. The Labute approximate surface area is 131 Å². The van der Waals surface area contributed by atoms with Crippen molar-refractivity contribution >= 4 is 11.8 Å². The Balaban J connectivity index is 1.75. The highest BCUT2D eigenvalue weighted by Crippen LogP contribution is 2.37. The second-order valence-corrected chi connectivity index (χ2v) is 6.48. The first-order chi connectivity index (χ1) is 10.6. The van der Waals surface area contributed by atoms with Crippen LogP contribution in [0.4, 0.5) is 0 Å². The first-order valence-corrected chi connectivity index (χ1v) is 8.17. The third kappa shape index (κ3) is 2.74. The predicted octanol–water partition coefficient (Wildman–Crippen LogP) is 2.21. The predicted molar refractivity (Wildman–Crippen MR) is 84.7 cm³/mol. The summed E-state index contributed by atoms with van der Waals surface area (Å²) in [6.07, 6.45) is 8.81. The molecule has 1 atom stereocenters. The monoisotopic (exact) mass is 299 g/mol. The molecule has 22 heavy (non-hydrogen) atoms. The van der Waals surface area contributed by atoms with E-state index in [2.05, 4.69) is 5.32 Å². The van der Waals surface area contributed by atoms with Gasteiger partial charge in [0.1, 0.15) is 5.54 Å². The summed E-state index contributed by atoms with van der Waals surface area (Å²) in [7, 11) is 0. The van der Waals surface area contributed by atoms with Crippen molar-refractivity contribution in [3.05, 3.63) is 41.8 Å². The number of hydrogen-bond acceptors (Lipinski definition) is 2. The Morgan fingerprint density at radius 2 is 1.91 bits per heavy atom. The molecule has 3 rings (SSSR count). The summed E-state index contributed by atoms with van der Waals surface area (Å²) >= 11 is 0. The molecule has 0 heterocycles. The van der Waals surface area contributed by atoms with E-state index in [9.17, 15) is 9.59 Å². The number of hydrogen-bond donors (Lipinski definition) is 2. The average molecular weight is 299 g/mol. The van der Waals surface area contributed by atoms with E-state index in [-0.39, 0.29) is 5.91 Å². The van der Waals surface area contributed by atoms with E-state index in [0.717, 1.165) is 30.4 Å². The number of benzene rings is 1. The Morgan fingerprint density at radius 3 is 2.64 bits per heavy atom. The number of carbonyl (C=O) groups excluding carboxylic acids is 2. The van der Waals surface area contributed by atoms with Crippen LogP contribution in [0.2, 0.25) is 0 Å². The summed E-state index contributed by atoms with van der Waals surface area (Å²) < 4.78 is 0. The molecule has 1 aromatic rings. The van der Waals surface area contributed by atoms with Crippen molar-refractivity contribution in [2.45, 2.75) is 50.5 Å². The van der Waals surface area contributed by atoms with Gasteiger partial charge in [-0.05, 0) is 42.7 Å². The van der Waals surface area contributed by atoms with Crippen molar-refractivity contribution in [1.29, 1.82) is 0 Å². The molecule has 0 aromatic heterocycles. The van der Waals surface area contributed by atoms with E-state index in [4.69, 9.17) is 5.73 Å². The minimum absolute atomic E-state index is 0.164. The molecule has 4 nitrogen and oxygen atoms in total. The van der Waals surface area contributed by atoms with Gasteiger partial charge in [0.25, 0.3) is 0 Å². The number of primary amides is 1. The van der Waals surface area contributed by atoms with Gasteiger partial charge in [-0.3, -0.25) is 9.59 Å². The molecule has 1 aromatic carbocycles. The minimum Gasteiger partial charge on any atom is -0.367 e. The largest absolute Gasteiger partial charge is 0.367 e. The molecule has 0 aliphatic heterocycles. The van der Waals surface area contributed by atoms with Crippen LogP contribution in [0.15, 0.2) is 24.3 Å². The zero-order chi connectivity index (χ0) is 15.6. The van der Waals surface area contributed by atoms with Crippen LogP contribution >= 0.6 is 0 Å². The Bertz CT molecular complexity index is 578. The van der Waals surface area contributed by atoms with Gasteiger partial charge < -0.3 is 11.1 Å². The van der Waals surface area contributed by atoms with Crippen LogP contribution in [0.1, 0.15) is 49.7 Å². The molecule has 2 aliphatic rings. The summed E-state index contributed by atoms with van der Waals surface area (Å²) in [5.74, 6) is -0.305. The molecule has 4 heteroatoms. The topological polar surface area (TPSA) is 72.2 Å². The van der Waals surface area contributed by atoms with Gasteiger partial charge in [0, 0.05) is 0 Å². The highest BCUT2D eigenvalue weighted by molar-refractivity contribution is 5.95. The quantitative estimate of drug-likeness (QED) is 0.894. The summed E-state index contributed by atoms with van der Waals surface area (Å²) in [6.45, 7) is 0. The molecular formula is C18H23N2O2. The zero-order valence-electron chi connectivity index (χ0n) is 12.8. The lowest BCUT2D eigenvalue weighted by Gasteiger charge is -2.29. The van der Waals surface area contributed by atoms with Crippen molar-refractivity contribution in [3.8, 4) is 0 Å². The Kier molecular flexibility index (Phi) is 4.19. The van der Waals surface area contributed by atoms with Crippen LogP contribution in [0, 0.1) is 12.3 Å². The van der Waals surface area contributed by atoms with Crippen LogP contribution in [0.25, 0.3) is 0 Å². The van der Waals surface area contributed by atoms with Crippen LogP contribution in [0.3, 0.4) is 0 Å². The highest BCUT2D eigenvalue weighted by Gasteiger charge is 2.45. The molecule has 1 radical (unpaired) electrons. The lowest BCUT2D eigenvalue weighted by Crippen LogP contribution is -2.54. The van der Waals surface area contributed by atoms with Crippen LogP contribution < -0.4 is 11.1 Å². The molecule has 2 amide bonds. The third-order valence-electron chi connectivity index (χ3n) is 5.04. The van der Waals surface area contributed by atoms with Crippen molar-refractivity contribution < 1.29 is 9.59 Å². The molecule has 0 bridgehead atoms. The second-order valence-electron chi connectivity index (χ2n) is 6.48. The summed E-state index contributed by atoms with van der Waals surface area (Å²) in [5, 5.41) is 2.93. The van der Waals surface area contributed by atoms with Gasteiger partial charge in [0.05, 0.1) is 6.42 Å².